The quantitative estimate of drug-likeness (QED) is 0.322. The normalized spacial score (nSPS) is 10.8. The Morgan fingerprint density at radius 3 is 2.48 bits per heavy atom. The molecule has 10 nitrogen and oxygen atoms in total. The van der Waals surface area contributed by atoms with Crippen molar-refractivity contribution in [3.63, 3.8) is 0 Å². The summed E-state index contributed by atoms with van der Waals surface area (Å²) in [7, 11) is 0. The number of nitro benzene ring substituents is 1. The molecule has 2 aromatic carbocycles. The second kappa shape index (κ2) is 9.43. The minimum Gasteiger partial charge on any atom is -0.456 e. The molecule has 3 aromatic rings. The van der Waals surface area contributed by atoms with Crippen molar-refractivity contribution in [3.8, 4) is 0 Å². The lowest BCUT2D eigenvalue weighted by Crippen LogP contribution is -2.26. The SMILES string of the molecule is CCn1c(=O)n(CCC(=O)OCC(=O)Nc2cc([N+](=O)[O-])ccc2Cl)c2ccccc21. The number of aromatic nitrogens is 2. The number of nitro groups is 1. The number of fused-ring (bicyclic) bond motifs is 1. The molecule has 0 atom stereocenters. The fourth-order valence-corrected chi connectivity index (χ4v) is 3.29. The van der Waals surface area contributed by atoms with Crippen LogP contribution < -0.4 is 11.0 Å². The van der Waals surface area contributed by atoms with E-state index in [1.54, 1.807) is 16.7 Å². The summed E-state index contributed by atoms with van der Waals surface area (Å²) in [5.74, 6) is -1.36. The summed E-state index contributed by atoms with van der Waals surface area (Å²) in [4.78, 5) is 46.9. The summed E-state index contributed by atoms with van der Waals surface area (Å²) in [6, 6.07) is 10.9. The number of nitrogens with zero attached hydrogens (tertiary/aromatic N) is 3. The Labute approximate surface area is 181 Å². The molecule has 0 saturated heterocycles. The van der Waals surface area contributed by atoms with Gasteiger partial charge in [0.1, 0.15) is 0 Å². The lowest BCUT2D eigenvalue weighted by Gasteiger charge is -2.08. The van der Waals surface area contributed by atoms with Crippen molar-refractivity contribution in [1.29, 1.82) is 0 Å². The standard InChI is InChI=1S/C20H19ClN4O6/c1-2-23-16-5-3-4-6-17(16)24(20(23)28)10-9-19(27)31-12-18(26)22-15-11-13(25(29)30)7-8-14(15)21/h3-8,11H,2,9-10,12H2,1H3,(H,22,26). The monoisotopic (exact) mass is 446 g/mol. The molecule has 31 heavy (non-hydrogen) atoms. The topological polar surface area (TPSA) is 125 Å². The fraction of sp³-hybridized carbons (Fsp3) is 0.250. The van der Waals surface area contributed by atoms with Crippen LogP contribution in [0.2, 0.25) is 5.02 Å². The second-order valence-electron chi connectivity index (χ2n) is 6.55. The number of ether oxygens (including phenoxy) is 1. The van der Waals surface area contributed by atoms with Crippen LogP contribution in [0.3, 0.4) is 0 Å². The third kappa shape index (κ3) is 4.92. The molecule has 0 saturated carbocycles. The number of anilines is 1. The van der Waals surface area contributed by atoms with E-state index in [0.717, 1.165) is 11.6 Å². The highest BCUT2D eigenvalue weighted by Gasteiger charge is 2.15. The second-order valence-corrected chi connectivity index (χ2v) is 6.95. The maximum atomic E-state index is 12.6. The number of hydrogen-bond donors (Lipinski definition) is 1. The summed E-state index contributed by atoms with van der Waals surface area (Å²) in [6.07, 6.45) is -0.109. The van der Waals surface area contributed by atoms with Crippen LogP contribution >= 0.6 is 11.6 Å². The summed E-state index contributed by atoms with van der Waals surface area (Å²) in [5, 5.41) is 13.3. The average Bonchev–Trinajstić information content (AvgIpc) is 3.02. The fourth-order valence-electron chi connectivity index (χ4n) is 3.12. The molecule has 1 N–H and O–H groups in total. The summed E-state index contributed by atoms with van der Waals surface area (Å²) < 4.78 is 8.05. The van der Waals surface area contributed by atoms with Crippen molar-refractivity contribution in [1.82, 2.24) is 9.13 Å². The van der Waals surface area contributed by atoms with E-state index in [2.05, 4.69) is 5.32 Å². The number of carbonyl (C=O) groups excluding carboxylic acids is 2. The Balaban J connectivity index is 1.58. The molecule has 0 spiro atoms. The Morgan fingerprint density at radius 2 is 1.84 bits per heavy atom. The molecule has 0 fully saturated rings. The summed E-state index contributed by atoms with van der Waals surface area (Å²) in [6.45, 7) is 1.86. The first kappa shape index (κ1) is 22.0. The molecule has 1 amide bonds. The lowest BCUT2D eigenvalue weighted by atomic mass is 10.3. The largest absolute Gasteiger partial charge is 0.456 e. The Bertz CT molecular complexity index is 1220. The minimum absolute atomic E-state index is 0.0378. The van der Waals surface area contributed by atoms with Crippen molar-refractivity contribution in [2.24, 2.45) is 0 Å². The van der Waals surface area contributed by atoms with Gasteiger partial charge in [0.25, 0.3) is 11.6 Å². The highest BCUT2D eigenvalue weighted by molar-refractivity contribution is 6.33. The number of rotatable bonds is 8. The molecule has 0 aliphatic heterocycles. The van der Waals surface area contributed by atoms with Crippen LogP contribution in [0.4, 0.5) is 11.4 Å². The van der Waals surface area contributed by atoms with Gasteiger partial charge in [-0.3, -0.25) is 28.8 Å². The van der Waals surface area contributed by atoms with Gasteiger partial charge < -0.3 is 10.1 Å². The van der Waals surface area contributed by atoms with E-state index in [4.69, 9.17) is 16.3 Å². The number of imidazole rings is 1. The molecular weight excluding hydrogens is 428 g/mol. The number of para-hydroxylation sites is 2. The maximum Gasteiger partial charge on any atom is 0.329 e. The smallest absolute Gasteiger partial charge is 0.329 e. The average molecular weight is 447 g/mol. The first-order valence-corrected chi connectivity index (χ1v) is 9.77. The van der Waals surface area contributed by atoms with Crippen LogP contribution in [0.15, 0.2) is 47.3 Å². The molecular formula is C20H19ClN4O6. The summed E-state index contributed by atoms with van der Waals surface area (Å²) >= 11 is 5.92. The van der Waals surface area contributed by atoms with E-state index >= 15 is 0 Å². The number of nitrogens with one attached hydrogen (secondary N) is 1. The van der Waals surface area contributed by atoms with Gasteiger partial charge in [0.2, 0.25) is 0 Å². The number of carbonyl (C=O) groups is 2. The number of aryl methyl sites for hydroxylation is 2. The third-order valence-electron chi connectivity index (χ3n) is 4.58. The molecule has 0 radical (unpaired) electrons. The van der Waals surface area contributed by atoms with Gasteiger partial charge >= 0.3 is 11.7 Å². The minimum atomic E-state index is -0.699. The molecule has 1 heterocycles. The molecule has 0 aliphatic carbocycles. The highest BCUT2D eigenvalue weighted by atomic mass is 35.5. The van der Waals surface area contributed by atoms with E-state index in [1.807, 2.05) is 19.1 Å². The zero-order chi connectivity index (χ0) is 22.5. The molecule has 162 valence electrons. The van der Waals surface area contributed by atoms with E-state index in [1.165, 1.54) is 16.7 Å². The number of hydrogen-bond acceptors (Lipinski definition) is 6. The van der Waals surface area contributed by atoms with Gasteiger partial charge in [-0.15, -0.1) is 0 Å². The van der Waals surface area contributed by atoms with E-state index in [-0.39, 0.29) is 35.1 Å². The van der Waals surface area contributed by atoms with E-state index in [9.17, 15) is 24.5 Å². The molecule has 11 heteroatoms. The zero-order valence-corrected chi connectivity index (χ0v) is 17.3. The number of esters is 1. The van der Waals surface area contributed by atoms with Crippen molar-refractivity contribution in [3.05, 3.63) is 68.1 Å². The number of benzene rings is 2. The third-order valence-corrected chi connectivity index (χ3v) is 4.91. The van der Waals surface area contributed by atoms with Gasteiger partial charge in [0, 0.05) is 25.2 Å². The highest BCUT2D eigenvalue weighted by Crippen LogP contribution is 2.26. The van der Waals surface area contributed by atoms with Crippen molar-refractivity contribution < 1.29 is 19.2 Å². The van der Waals surface area contributed by atoms with Crippen LogP contribution in [0, 0.1) is 10.1 Å². The number of non-ortho nitro benzene ring substituents is 1. The Kier molecular flexibility index (Phi) is 6.71. The predicted molar refractivity (Wildman–Crippen MR) is 114 cm³/mol. The zero-order valence-electron chi connectivity index (χ0n) is 16.5. The van der Waals surface area contributed by atoms with Gasteiger partial charge in [0.05, 0.1) is 33.1 Å². The molecule has 0 unspecified atom stereocenters. The van der Waals surface area contributed by atoms with Gasteiger partial charge in [-0.1, -0.05) is 23.7 Å². The summed E-state index contributed by atoms with van der Waals surface area (Å²) in [5.41, 5.74) is 1.05. The first-order chi connectivity index (χ1) is 14.8. The van der Waals surface area contributed by atoms with E-state index in [0.29, 0.717) is 12.1 Å². The Morgan fingerprint density at radius 1 is 1.16 bits per heavy atom. The van der Waals surface area contributed by atoms with E-state index < -0.39 is 23.4 Å². The first-order valence-electron chi connectivity index (χ1n) is 9.39. The lowest BCUT2D eigenvalue weighted by molar-refractivity contribution is -0.384. The van der Waals surface area contributed by atoms with Crippen LogP contribution in [0.5, 0.6) is 0 Å². The molecule has 3 rings (SSSR count). The molecule has 1 aromatic heterocycles. The van der Waals surface area contributed by atoms with Crippen LogP contribution in [-0.2, 0) is 27.4 Å². The van der Waals surface area contributed by atoms with Gasteiger partial charge in [-0.2, -0.15) is 0 Å². The van der Waals surface area contributed by atoms with Crippen LogP contribution in [0.1, 0.15) is 13.3 Å². The van der Waals surface area contributed by atoms with Crippen molar-refractivity contribution >= 4 is 45.9 Å². The van der Waals surface area contributed by atoms with Crippen molar-refractivity contribution in [2.45, 2.75) is 26.4 Å². The number of halogens is 1. The van der Waals surface area contributed by atoms with Gasteiger partial charge in [-0.25, -0.2) is 4.79 Å². The van der Waals surface area contributed by atoms with Crippen LogP contribution in [0.25, 0.3) is 11.0 Å². The van der Waals surface area contributed by atoms with Gasteiger partial charge in [0.15, 0.2) is 6.61 Å². The Hall–Kier alpha value is -3.66. The van der Waals surface area contributed by atoms with Crippen LogP contribution in [-0.4, -0.2) is 32.5 Å². The van der Waals surface area contributed by atoms with Gasteiger partial charge in [-0.05, 0) is 25.1 Å². The molecule has 0 bridgehead atoms. The number of amides is 1. The van der Waals surface area contributed by atoms with Crippen molar-refractivity contribution in [2.75, 3.05) is 11.9 Å². The maximum absolute atomic E-state index is 12.6. The molecule has 0 aliphatic rings. The predicted octanol–water partition coefficient (Wildman–Crippen LogP) is 2.96.